The van der Waals surface area contributed by atoms with E-state index < -0.39 is 0 Å². The maximum Gasteiger partial charge on any atom is 0.148 e. The zero-order valence-corrected chi connectivity index (χ0v) is 10.3. The average Bonchev–Trinajstić information content (AvgIpc) is 2.58. The SMILES string of the molecule is Cc1cc(NC(C)c2ccccc2O)nn1C. The highest BCUT2D eigenvalue weighted by Crippen LogP contribution is 2.26. The van der Waals surface area contributed by atoms with E-state index in [4.69, 9.17) is 0 Å². The molecule has 0 aliphatic rings. The first-order valence-electron chi connectivity index (χ1n) is 5.63. The van der Waals surface area contributed by atoms with E-state index in [1.165, 1.54) is 0 Å². The summed E-state index contributed by atoms with van der Waals surface area (Å²) in [4.78, 5) is 0. The van der Waals surface area contributed by atoms with Gasteiger partial charge < -0.3 is 10.4 Å². The van der Waals surface area contributed by atoms with E-state index >= 15 is 0 Å². The summed E-state index contributed by atoms with van der Waals surface area (Å²) in [5.41, 5.74) is 1.97. The first kappa shape index (κ1) is 11.5. The molecule has 0 saturated carbocycles. The second-order valence-corrected chi connectivity index (χ2v) is 4.22. The zero-order valence-electron chi connectivity index (χ0n) is 10.3. The molecule has 2 aromatic rings. The molecule has 90 valence electrons. The van der Waals surface area contributed by atoms with Crippen molar-refractivity contribution in [2.75, 3.05) is 5.32 Å². The van der Waals surface area contributed by atoms with Crippen LogP contribution in [0, 0.1) is 6.92 Å². The van der Waals surface area contributed by atoms with Crippen molar-refractivity contribution in [1.82, 2.24) is 9.78 Å². The molecular weight excluding hydrogens is 214 g/mol. The Labute approximate surface area is 101 Å². The highest BCUT2D eigenvalue weighted by Gasteiger charge is 2.11. The van der Waals surface area contributed by atoms with Crippen molar-refractivity contribution in [3.8, 4) is 5.75 Å². The van der Waals surface area contributed by atoms with Crippen molar-refractivity contribution >= 4 is 5.82 Å². The van der Waals surface area contributed by atoms with E-state index in [0.717, 1.165) is 17.1 Å². The number of hydrogen-bond acceptors (Lipinski definition) is 3. The van der Waals surface area contributed by atoms with Gasteiger partial charge in [-0.15, -0.1) is 0 Å². The molecule has 0 radical (unpaired) electrons. The van der Waals surface area contributed by atoms with E-state index in [1.54, 1.807) is 6.07 Å². The maximum absolute atomic E-state index is 9.75. The van der Waals surface area contributed by atoms with Crippen LogP contribution in [0.15, 0.2) is 30.3 Å². The molecule has 1 aromatic heterocycles. The van der Waals surface area contributed by atoms with Crippen molar-refractivity contribution in [2.24, 2.45) is 7.05 Å². The van der Waals surface area contributed by atoms with Crippen molar-refractivity contribution < 1.29 is 5.11 Å². The molecule has 0 amide bonds. The zero-order chi connectivity index (χ0) is 12.4. The molecule has 0 aliphatic heterocycles. The normalized spacial score (nSPS) is 12.4. The van der Waals surface area contributed by atoms with Crippen LogP contribution in [0.2, 0.25) is 0 Å². The van der Waals surface area contributed by atoms with E-state index in [0.29, 0.717) is 5.75 Å². The Bertz CT molecular complexity index is 500. The van der Waals surface area contributed by atoms with Gasteiger partial charge in [-0.25, -0.2) is 0 Å². The van der Waals surface area contributed by atoms with E-state index in [9.17, 15) is 5.11 Å². The van der Waals surface area contributed by atoms with Gasteiger partial charge in [0.05, 0.1) is 6.04 Å². The molecule has 0 spiro atoms. The van der Waals surface area contributed by atoms with Crippen molar-refractivity contribution in [1.29, 1.82) is 0 Å². The quantitative estimate of drug-likeness (QED) is 0.853. The number of para-hydroxylation sites is 1. The summed E-state index contributed by atoms with van der Waals surface area (Å²) in [7, 11) is 1.91. The Morgan fingerprint density at radius 2 is 2.06 bits per heavy atom. The molecule has 2 N–H and O–H groups in total. The average molecular weight is 231 g/mol. The van der Waals surface area contributed by atoms with Gasteiger partial charge in [-0.3, -0.25) is 4.68 Å². The van der Waals surface area contributed by atoms with E-state index in [1.807, 2.05) is 49.8 Å². The molecule has 0 fully saturated rings. The van der Waals surface area contributed by atoms with Crippen LogP contribution in [0.25, 0.3) is 0 Å². The van der Waals surface area contributed by atoms with Gasteiger partial charge in [-0.2, -0.15) is 5.10 Å². The molecular formula is C13H17N3O. The Hall–Kier alpha value is -1.97. The van der Waals surface area contributed by atoms with Gasteiger partial charge in [0.1, 0.15) is 11.6 Å². The van der Waals surface area contributed by atoms with Gasteiger partial charge in [-0.05, 0) is 19.9 Å². The predicted octanol–water partition coefficient (Wildman–Crippen LogP) is 2.61. The summed E-state index contributed by atoms with van der Waals surface area (Å²) in [6, 6.07) is 9.33. The van der Waals surface area contributed by atoms with Crippen LogP contribution in [-0.4, -0.2) is 14.9 Å². The van der Waals surface area contributed by atoms with Gasteiger partial charge in [0.2, 0.25) is 0 Å². The summed E-state index contributed by atoms with van der Waals surface area (Å²) in [5, 5.41) is 17.4. The lowest BCUT2D eigenvalue weighted by Gasteiger charge is -2.14. The fourth-order valence-electron chi connectivity index (χ4n) is 1.78. The van der Waals surface area contributed by atoms with Gasteiger partial charge in [0.25, 0.3) is 0 Å². The molecule has 1 heterocycles. The van der Waals surface area contributed by atoms with Crippen LogP contribution >= 0.6 is 0 Å². The molecule has 0 saturated heterocycles. The van der Waals surface area contributed by atoms with E-state index in [-0.39, 0.29) is 6.04 Å². The minimum Gasteiger partial charge on any atom is -0.508 e. The first-order valence-corrected chi connectivity index (χ1v) is 5.63. The molecule has 0 aliphatic carbocycles. The number of phenols is 1. The minimum absolute atomic E-state index is 0.0190. The van der Waals surface area contributed by atoms with Gasteiger partial charge in [0, 0.05) is 24.4 Å². The number of rotatable bonds is 3. The van der Waals surface area contributed by atoms with Crippen molar-refractivity contribution in [3.63, 3.8) is 0 Å². The van der Waals surface area contributed by atoms with Crippen LogP contribution in [0.1, 0.15) is 24.2 Å². The second-order valence-electron chi connectivity index (χ2n) is 4.22. The van der Waals surface area contributed by atoms with Gasteiger partial charge in [0.15, 0.2) is 0 Å². The monoisotopic (exact) mass is 231 g/mol. The lowest BCUT2D eigenvalue weighted by molar-refractivity contribution is 0.465. The van der Waals surface area contributed by atoms with Gasteiger partial charge in [-0.1, -0.05) is 18.2 Å². The Morgan fingerprint density at radius 1 is 1.35 bits per heavy atom. The number of anilines is 1. The first-order chi connectivity index (χ1) is 8.08. The number of benzene rings is 1. The van der Waals surface area contributed by atoms with Crippen LogP contribution in [0.3, 0.4) is 0 Å². The lowest BCUT2D eigenvalue weighted by atomic mass is 10.1. The minimum atomic E-state index is 0.0190. The fraction of sp³-hybridized carbons (Fsp3) is 0.308. The highest BCUT2D eigenvalue weighted by molar-refractivity contribution is 5.42. The van der Waals surface area contributed by atoms with Crippen molar-refractivity contribution in [2.45, 2.75) is 19.9 Å². The third-order valence-electron chi connectivity index (χ3n) is 2.88. The molecule has 1 unspecified atom stereocenters. The summed E-state index contributed by atoms with van der Waals surface area (Å²) >= 11 is 0. The molecule has 4 nitrogen and oxygen atoms in total. The highest BCUT2D eigenvalue weighted by atomic mass is 16.3. The van der Waals surface area contributed by atoms with E-state index in [2.05, 4.69) is 10.4 Å². The Morgan fingerprint density at radius 3 is 2.65 bits per heavy atom. The topological polar surface area (TPSA) is 50.1 Å². The number of aryl methyl sites for hydroxylation is 2. The van der Waals surface area contributed by atoms with Crippen LogP contribution < -0.4 is 5.32 Å². The molecule has 1 atom stereocenters. The van der Waals surface area contributed by atoms with Gasteiger partial charge >= 0.3 is 0 Å². The number of aromatic nitrogens is 2. The van der Waals surface area contributed by atoms with Crippen LogP contribution in [0.4, 0.5) is 5.82 Å². The standard InChI is InChI=1S/C13H17N3O/c1-9-8-13(15-16(9)3)14-10(2)11-6-4-5-7-12(11)17/h4-8,10,17H,1-3H3,(H,14,15). The molecule has 0 bridgehead atoms. The number of phenolic OH excluding ortho intramolecular Hbond substituents is 1. The molecule has 2 rings (SSSR count). The Kier molecular flexibility index (Phi) is 3.04. The largest absolute Gasteiger partial charge is 0.508 e. The molecule has 1 aromatic carbocycles. The Balaban J connectivity index is 2.17. The van der Waals surface area contributed by atoms with Crippen molar-refractivity contribution in [3.05, 3.63) is 41.6 Å². The fourth-order valence-corrected chi connectivity index (χ4v) is 1.78. The summed E-state index contributed by atoms with van der Waals surface area (Å²) in [6.45, 7) is 4.00. The number of hydrogen-bond donors (Lipinski definition) is 2. The molecule has 4 heteroatoms. The van der Waals surface area contributed by atoms with Crippen LogP contribution in [-0.2, 0) is 7.05 Å². The van der Waals surface area contributed by atoms with Crippen LogP contribution in [0.5, 0.6) is 5.75 Å². The third-order valence-corrected chi connectivity index (χ3v) is 2.88. The number of aromatic hydroxyl groups is 1. The summed E-state index contributed by atoms with van der Waals surface area (Å²) in [6.07, 6.45) is 0. The number of nitrogens with one attached hydrogen (secondary N) is 1. The molecule has 17 heavy (non-hydrogen) atoms. The second kappa shape index (κ2) is 4.49. The number of nitrogens with zero attached hydrogens (tertiary/aromatic N) is 2. The maximum atomic E-state index is 9.75. The smallest absolute Gasteiger partial charge is 0.148 e. The summed E-state index contributed by atoms with van der Waals surface area (Å²) < 4.78 is 1.82. The predicted molar refractivity (Wildman–Crippen MR) is 68.1 cm³/mol. The third kappa shape index (κ3) is 2.41. The summed E-state index contributed by atoms with van der Waals surface area (Å²) in [5.74, 6) is 1.13. The lowest BCUT2D eigenvalue weighted by Crippen LogP contribution is -2.07.